The van der Waals surface area contributed by atoms with Crippen molar-refractivity contribution in [2.24, 2.45) is 5.41 Å². The Morgan fingerprint density at radius 2 is 1.33 bits per heavy atom. The molecule has 0 bridgehead atoms. The maximum Gasteiger partial charge on any atom is 0.153 e. The minimum Gasteiger partial charge on any atom is -0.298 e. The zero-order chi connectivity index (χ0) is 8.60. The summed E-state index contributed by atoms with van der Waals surface area (Å²) < 4.78 is 0. The SMILES string of the molecule is O=C1CC(=O)C12CCCCCC2. The molecule has 2 fully saturated rings. The molecule has 2 aliphatic carbocycles. The fraction of sp³-hybridized carbons (Fsp3) is 0.800. The topological polar surface area (TPSA) is 34.1 Å². The van der Waals surface area contributed by atoms with Crippen LogP contribution >= 0.6 is 0 Å². The molecule has 2 rings (SSSR count). The molecule has 12 heavy (non-hydrogen) atoms. The van der Waals surface area contributed by atoms with Crippen LogP contribution in [0, 0.1) is 5.41 Å². The monoisotopic (exact) mass is 166 g/mol. The first-order chi connectivity index (χ1) is 5.76. The van der Waals surface area contributed by atoms with E-state index in [9.17, 15) is 9.59 Å². The van der Waals surface area contributed by atoms with Gasteiger partial charge in [-0.1, -0.05) is 25.7 Å². The molecule has 2 nitrogen and oxygen atoms in total. The van der Waals surface area contributed by atoms with Crippen LogP contribution in [-0.4, -0.2) is 11.6 Å². The van der Waals surface area contributed by atoms with E-state index >= 15 is 0 Å². The number of carbonyl (C=O) groups is 2. The Morgan fingerprint density at radius 3 is 1.75 bits per heavy atom. The van der Waals surface area contributed by atoms with E-state index in [4.69, 9.17) is 0 Å². The summed E-state index contributed by atoms with van der Waals surface area (Å²) in [5.74, 6) is 0.434. The van der Waals surface area contributed by atoms with E-state index in [0.29, 0.717) is 0 Å². The smallest absolute Gasteiger partial charge is 0.153 e. The summed E-state index contributed by atoms with van der Waals surface area (Å²) in [7, 11) is 0. The first kappa shape index (κ1) is 7.96. The highest BCUT2D eigenvalue weighted by molar-refractivity contribution is 6.24. The van der Waals surface area contributed by atoms with Crippen molar-refractivity contribution in [3.63, 3.8) is 0 Å². The molecule has 0 unspecified atom stereocenters. The van der Waals surface area contributed by atoms with E-state index in [1.54, 1.807) is 0 Å². The lowest BCUT2D eigenvalue weighted by molar-refractivity contribution is -0.154. The van der Waals surface area contributed by atoms with Crippen molar-refractivity contribution in [3.8, 4) is 0 Å². The zero-order valence-electron chi connectivity index (χ0n) is 7.27. The fourth-order valence-corrected chi connectivity index (χ4v) is 2.42. The van der Waals surface area contributed by atoms with E-state index < -0.39 is 5.41 Å². The van der Waals surface area contributed by atoms with Gasteiger partial charge in [-0.3, -0.25) is 9.59 Å². The van der Waals surface area contributed by atoms with Crippen molar-refractivity contribution in [1.82, 2.24) is 0 Å². The largest absolute Gasteiger partial charge is 0.298 e. The Bertz CT molecular complexity index is 206. The number of hydrogen-bond donors (Lipinski definition) is 0. The van der Waals surface area contributed by atoms with Gasteiger partial charge in [0, 0.05) is 0 Å². The van der Waals surface area contributed by atoms with Crippen molar-refractivity contribution in [2.45, 2.75) is 44.9 Å². The van der Waals surface area contributed by atoms with Crippen LogP contribution in [0.5, 0.6) is 0 Å². The molecule has 66 valence electrons. The summed E-state index contributed by atoms with van der Waals surface area (Å²) in [4.78, 5) is 22.7. The third kappa shape index (κ3) is 0.936. The first-order valence-corrected chi connectivity index (χ1v) is 4.82. The number of Topliss-reactive ketones (excluding diaryl/α,β-unsaturated/α-hetero) is 2. The molecule has 2 aliphatic rings. The fourth-order valence-electron chi connectivity index (χ4n) is 2.42. The number of carbonyl (C=O) groups excluding carboxylic acids is 2. The standard InChI is InChI=1S/C10H14O2/c11-8-7-9(12)10(8)5-3-1-2-4-6-10/h1-7H2. The van der Waals surface area contributed by atoms with E-state index in [2.05, 4.69) is 0 Å². The quantitative estimate of drug-likeness (QED) is 0.515. The van der Waals surface area contributed by atoms with Gasteiger partial charge in [0.05, 0.1) is 11.8 Å². The molecule has 2 saturated carbocycles. The summed E-state index contributed by atoms with van der Waals surface area (Å²) in [6.45, 7) is 0. The van der Waals surface area contributed by atoms with Crippen LogP contribution in [0.4, 0.5) is 0 Å². The highest BCUT2D eigenvalue weighted by Gasteiger charge is 2.53. The summed E-state index contributed by atoms with van der Waals surface area (Å²) in [5, 5.41) is 0. The van der Waals surface area contributed by atoms with Crippen molar-refractivity contribution in [2.75, 3.05) is 0 Å². The van der Waals surface area contributed by atoms with Crippen LogP contribution in [0.15, 0.2) is 0 Å². The maximum atomic E-state index is 11.3. The second-order valence-corrected chi connectivity index (χ2v) is 4.02. The van der Waals surface area contributed by atoms with E-state index in [-0.39, 0.29) is 18.0 Å². The summed E-state index contributed by atoms with van der Waals surface area (Å²) in [5.41, 5.74) is -0.476. The predicted octanol–water partition coefficient (Wildman–Crippen LogP) is 1.87. The van der Waals surface area contributed by atoms with Crippen LogP contribution in [0.3, 0.4) is 0 Å². The Morgan fingerprint density at radius 1 is 0.833 bits per heavy atom. The van der Waals surface area contributed by atoms with Gasteiger partial charge in [-0.05, 0) is 12.8 Å². The normalized spacial score (nSPS) is 28.3. The predicted molar refractivity (Wildman–Crippen MR) is 44.8 cm³/mol. The molecule has 0 atom stereocenters. The molecule has 0 N–H and O–H groups in total. The summed E-state index contributed by atoms with van der Waals surface area (Å²) in [6, 6.07) is 0. The molecular formula is C10H14O2. The van der Waals surface area contributed by atoms with Gasteiger partial charge in [0.1, 0.15) is 0 Å². The Balaban J connectivity index is 2.16. The Hall–Kier alpha value is -0.660. The van der Waals surface area contributed by atoms with Crippen LogP contribution < -0.4 is 0 Å². The molecule has 2 heteroatoms. The molecule has 0 aromatic carbocycles. The zero-order valence-corrected chi connectivity index (χ0v) is 7.27. The third-order valence-electron chi connectivity index (χ3n) is 3.35. The van der Waals surface area contributed by atoms with Crippen LogP contribution in [0.1, 0.15) is 44.9 Å². The molecule has 0 aromatic rings. The lowest BCUT2D eigenvalue weighted by atomic mass is 9.62. The molecule has 0 amide bonds. The maximum absolute atomic E-state index is 11.3. The van der Waals surface area contributed by atoms with E-state index in [0.717, 1.165) is 25.7 Å². The molecule has 0 aromatic heterocycles. The van der Waals surface area contributed by atoms with Gasteiger partial charge in [0.25, 0.3) is 0 Å². The van der Waals surface area contributed by atoms with Crippen molar-refractivity contribution >= 4 is 11.6 Å². The molecule has 0 aliphatic heterocycles. The van der Waals surface area contributed by atoms with Crippen LogP contribution in [0.25, 0.3) is 0 Å². The molecule has 1 spiro atoms. The molecule has 0 heterocycles. The van der Waals surface area contributed by atoms with Crippen LogP contribution in [0.2, 0.25) is 0 Å². The van der Waals surface area contributed by atoms with E-state index in [1.807, 2.05) is 0 Å². The molecular weight excluding hydrogens is 152 g/mol. The highest BCUT2D eigenvalue weighted by Crippen LogP contribution is 2.44. The third-order valence-corrected chi connectivity index (χ3v) is 3.35. The number of rotatable bonds is 0. The van der Waals surface area contributed by atoms with Gasteiger partial charge in [0.15, 0.2) is 11.6 Å². The average molecular weight is 166 g/mol. The minimum absolute atomic E-state index is 0.217. The lowest BCUT2D eigenvalue weighted by Gasteiger charge is -2.37. The molecule has 0 saturated heterocycles. The average Bonchev–Trinajstić information content (AvgIpc) is 2.31. The van der Waals surface area contributed by atoms with Gasteiger partial charge in [0.2, 0.25) is 0 Å². The van der Waals surface area contributed by atoms with Crippen molar-refractivity contribution < 1.29 is 9.59 Å². The number of hydrogen-bond acceptors (Lipinski definition) is 2. The Kier molecular flexibility index (Phi) is 1.78. The highest BCUT2D eigenvalue weighted by atomic mass is 16.2. The Labute approximate surface area is 72.3 Å². The van der Waals surface area contributed by atoms with Gasteiger partial charge in [-0.25, -0.2) is 0 Å². The van der Waals surface area contributed by atoms with Gasteiger partial charge in [-0.2, -0.15) is 0 Å². The van der Waals surface area contributed by atoms with Gasteiger partial charge >= 0.3 is 0 Å². The van der Waals surface area contributed by atoms with Gasteiger partial charge < -0.3 is 0 Å². The van der Waals surface area contributed by atoms with Gasteiger partial charge in [-0.15, -0.1) is 0 Å². The second kappa shape index (κ2) is 2.68. The lowest BCUT2D eigenvalue weighted by Crippen LogP contribution is -2.50. The van der Waals surface area contributed by atoms with Crippen LogP contribution in [-0.2, 0) is 9.59 Å². The second-order valence-electron chi connectivity index (χ2n) is 4.02. The number of ketones is 2. The van der Waals surface area contributed by atoms with Crippen molar-refractivity contribution in [3.05, 3.63) is 0 Å². The first-order valence-electron chi connectivity index (χ1n) is 4.82. The van der Waals surface area contributed by atoms with Crippen molar-refractivity contribution in [1.29, 1.82) is 0 Å². The van der Waals surface area contributed by atoms with E-state index in [1.165, 1.54) is 12.8 Å². The summed E-state index contributed by atoms with van der Waals surface area (Å²) >= 11 is 0. The minimum atomic E-state index is -0.476. The molecule has 0 radical (unpaired) electrons. The summed E-state index contributed by atoms with van der Waals surface area (Å²) in [6.07, 6.45) is 6.43.